The SMILES string of the molecule is COc1cc(C)ccc1OC1CCCCC1CN. The third-order valence-corrected chi connectivity index (χ3v) is 3.74. The van der Waals surface area contributed by atoms with E-state index in [9.17, 15) is 0 Å². The van der Waals surface area contributed by atoms with Crippen LogP contribution in [0.4, 0.5) is 0 Å². The Bertz CT molecular complexity index is 392. The molecule has 3 nitrogen and oxygen atoms in total. The average molecular weight is 249 g/mol. The summed E-state index contributed by atoms with van der Waals surface area (Å²) < 4.78 is 11.5. The Kier molecular flexibility index (Phi) is 4.48. The van der Waals surface area contributed by atoms with E-state index in [1.54, 1.807) is 7.11 Å². The van der Waals surface area contributed by atoms with Crippen LogP contribution in [-0.4, -0.2) is 19.8 Å². The van der Waals surface area contributed by atoms with E-state index < -0.39 is 0 Å². The number of rotatable bonds is 4. The molecule has 0 radical (unpaired) electrons. The quantitative estimate of drug-likeness (QED) is 0.892. The van der Waals surface area contributed by atoms with Gasteiger partial charge in [-0.15, -0.1) is 0 Å². The summed E-state index contributed by atoms with van der Waals surface area (Å²) in [4.78, 5) is 0. The van der Waals surface area contributed by atoms with Gasteiger partial charge in [0.05, 0.1) is 7.11 Å². The summed E-state index contributed by atoms with van der Waals surface area (Å²) >= 11 is 0. The van der Waals surface area contributed by atoms with Gasteiger partial charge in [0.15, 0.2) is 11.5 Å². The summed E-state index contributed by atoms with van der Waals surface area (Å²) in [5, 5.41) is 0. The zero-order valence-electron chi connectivity index (χ0n) is 11.3. The topological polar surface area (TPSA) is 44.5 Å². The molecule has 1 aliphatic carbocycles. The van der Waals surface area contributed by atoms with Gasteiger partial charge in [0.25, 0.3) is 0 Å². The summed E-state index contributed by atoms with van der Waals surface area (Å²) in [5.41, 5.74) is 7.01. The zero-order valence-corrected chi connectivity index (χ0v) is 11.3. The predicted octanol–water partition coefficient (Wildman–Crippen LogP) is 2.90. The fourth-order valence-electron chi connectivity index (χ4n) is 2.63. The lowest BCUT2D eigenvalue weighted by atomic mass is 9.86. The molecule has 0 heterocycles. The first kappa shape index (κ1) is 13.2. The van der Waals surface area contributed by atoms with Gasteiger partial charge in [0.1, 0.15) is 6.10 Å². The number of nitrogens with two attached hydrogens (primary N) is 1. The molecular weight excluding hydrogens is 226 g/mol. The molecule has 0 saturated heterocycles. The highest BCUT2D eigenvalue weighted by Crippen LogP contribution is 2.33. The Labute approximate surface area is 109 Å². The highest BCUT2D eigenvalue weighted by Gasteiger charge is 2.26. The second kappa shape index (κ2) is 6.10. The number of ether oxygens (including phenoxy) is 2. The molecule has 100 valence electrons. The van der Waals surface area contributed by atoms with Crippen molar-refractivity contribution in [1.82, 2.24) is 0 Å². The molecule has 0 bridgehead atoms. The molecule has 1 fully saturated rings. The molecule has 1 aromatic carbocycles. The van der Waals surface area contributed by atoms with E-state index in [4.69, 9.17) is 15.2 Å². The Balaban J connectivity index is 2.12. The highest BCUT2D eigenvalue weighted by atomic mass is 16.5. The first-order valence-corrected chi connectivity index (χ1v) is 6.76. The third-order valence-electron chi connectivity index (χ3n) is 3.74. The van der Waals surface area contributed by atoms with Crippen LogP contribution < -0.4 is 15.2 Å². The molecule has 0 spiro atoms. The minimum absolute atomic E-state index is 0.236. The van der Waals surface area contributed by atoms with Crippen LogP contribution in [-0.2, 0) is 0 Å². The molecule has 2 N–H and O–H groups in total. The lowest BCUT2D eigenvalue weighted by molar-refractivity contribution is 0.0937. The van der Waals surface area contributed by atoms with Crippen LogP contribution in [0.15, 0.2) is 18.2 Å². The summed E-state index contributed by atoms with van der Waals surface area (Å²) in [5.74, 6) is 2.13. The molecule has 1 aromatic rings. The summed E-state index contributed by atoms with van der Waals surface area (Å²) in [7, 11) is 1.68. The van der Waals surface area contributed by atoms with Crippen molar-refractivity contribution in [3.8, 4) is 11.5 Å². The molecule has 2 unspecified atom stereocenters. The monoisotopic (exact) mass is 249 g/mol. The van der Waals surface area contributed by atoms with Gasteiger partial charge in [-0.25, -0.2) is 0 Å². The minimum Gasteiger partial charge on any atom is -0.493 e. The fraction of sp³-hybridized carbons (Fsp3) is 0.600. The van der Waals surface area contributed by atoms with Gasteiger partial charge in [-0.3, -0.25) is 0 Å². The van der Waals surface area contributed by atoms with Crippen molar-refractivity contribution in [1.29, 1.82) is 0 Å². The van der Waals surface area contributed by atoms with Gasteiger partial charge in [-0.2, -0.15) is 0 Å². The maximum absolute atomic E-state index is 6.13. The van der Waals surface area contributed by atoms with E-state index in [-0.39, 0.29) is 6.10 Å². The van der Waals surface area contributed by atoms with Crippen molar-refractivity contribution in [2.45, 2.75) is 38.7 Å². The normalized spacial score (nSPS) is 23.7. The fourth-order valence-corrected chi connectivity index (χ4v) is 2.63. The Morgan fingerprint density at radius 2 is 2.00 bits per heavy atom. The van der Waals surface area contributed by atoms with Crippen molar-refractivity contribution in [3.05, 3.63) is 23.8 Å². The Morgan fingerprint density at radius 3 is 2.72 bits per heavy atom. The smallest absolute Gasteiger partial charge is 0.161 e. The van der Waals surface area contributed by atoms with E-state index in [1.165, 1.54) is 24.8 Å². The highest BCUT2D eigenvalue weighted by molar-refractivity contribution is 5.42. The molecule has 1 saturated carbocycles. The van der Waals surface area contributed by atoms with E-state index >= 15 is 0 Å². The number of methoxy groups -OCH3 is 1. The molecule has 2 rings (SSSR count). The van der Waals surface area contributed by atoms with Gasteiger partial charge in [-0.1, -0.05) is 12.5 Å². The van der Waals surface area contributed by atoms with Crippen LogP contribution in [0.5, 0.6) is 11.5 Å². The minimum atomic E-state index is 0.236. The molecule has 3 heteroatoms. The number of aryl methyl sites for hydroxylation is 1. The van der Waals surface area contributed by atoms with Gasteiger partial charge >= 0.3 is 0 Å². The van der Waals surface area contributed by atoms with E-state index in [0.29, 0.717) is 12.5 Å². The van der Waals surface area contributed by atoms with E-state index in [1.807, 2.05) is 12.1 Å². The van der Waals surface area contributed by atoms with Crippen LogP contribution in [0.1, 0.15) is 31.2 Å². The number of hydrogen-bond acceptors (Lipinski definition) is 3. The second-order valence-electron chi connectivity index (χ2n) is 5.09. The van der Waals surface area contributed by atoms with Gasteiger partial charge in [-0.05, 0) is 50.4 Å². The maximum atomic E-state index is 6.13. The van der Waals surface area contributed by atoms with Crippen LogP contribution in [0.3, 0.4) is 0 Å². The lowest BCUT2D eigenvalue weighted by Crippen LogP contribution is -2.35. The molecule has 0 aliphatic heterocycles. The van der Waals surface area contributed by atoms with Gasteiger partial charge in [0, 0.05) is 5.92 Å². The van der Waals surface area contributed by atoms with E-state index in [0.717, 1.165) is 17.9 Å². The van der Waals surface area contributed by atoms with Crippen LogP contribution >= 0.6 is 0 Å². The predicted molar refractivity (Wildman–Crippen MR) is 73.2 cm³/mol. The largest absolute Gasteiger partial charge is 0.493 e. The summed E-state index contributed by atoms with van der Waals surface area (Å²) in [6, 6.07) is 6.06. The van der Waals surface area contributed by atoms with Crippen molar-refractivity contribution >= 4 is 0 Å². The first-order valence-electron chi connectivity index (χ1n) is 6.76. The van der Waals surface area contributed by atoms with Crippen LogP contribution in [0.2, 0.25) is 0 Å². The molecule has 18 heavy (non-hydrogen) atoms. The van der Waals surface area contributed by atoms with Crippen molar-refractivity contribution in [2.24, 2.45) is 11.7 Å². The molecule has 0 aromatic heterocycles. The van der Waals surface area contributed by atoms with Crippen molar-refractivity contribution < 1.29 is 9.47 Å². The Morgan fingerprint density at radius 1 is 1.22 bits per heavy atom. The molecule has 1 aliphatic rings. The number of benzene rings is 1. The number of hydrogen-bond donors (Lipinski definition) is 1. The Hall–Kier alpha value is -1.22. The van der Waals surface area contributed by atoms with Gasteiger partial charge < -0.3 is 15.2 Å². The second-order valence-corrected chi connectivity index (χ2v) is 5.09. The van der Waals surface area contributed by atoms with E-state index in [2.05, 4.69) is 13.0 Å². The third kappa shape index (κ3) is 2.96. The summed E-state index contributed by atoms with van der Waals surface area (Å²) in [6.45, 7) is 2.76. The summed E-state index contributed by atoms with van der Waals surface area (Å²) in [6.07, 6.45) is 5.01. The molecule has 0 amide bonds. The molecular formula is C15H23NO2. The van der Waals surface area contributed by atoms with Crippen molar-refractivity contribution in [3.63, 3.8) is 0 Å². The first-order chi connectivity index (χ1) is 8.74. The zero-order chi connectivity index (χ0) is 13.0. The van der Waals surface area contributed by atoms with Crippen LogP contribution in [0.25, 0.3) is 0 Å². The van der Waals surface area contributed by atoms with Gasteiger partial charge in [0.2, 0.25) is 0 Å². The average Bonchev–Trinajstić information content (AvgIpc) is 2.41. The standard InChI is InChI=1S/C15H23NO2/c1-11-7-8-14(15(9-11)17-2)18-13-6-4-3-5-12(13)10-16/h7-9,12-13H,3-6,10,16H2,1-2H3. The molecule has 2 atom stereocenters. The lowest BCUT2D eigenvalue weighted by Gasteiger charge is -2.31. The van der Waals surface area contributed by atoms with Crippen molar-refractivity contribution in [2.75, 3.05) is 13.7 Å². The maximum Gasteiger partial charge on any atom is 0.161 e. The van der Waals surface area contributed by atoms with Crippen LogP contribution in [0, 0.1) is 12.8 Å².